The fourth-order valence-electron chi connectivity index (χ4n) is 9.83. The molecule has 4 fully saturated rings. The minimum absolute atomic E-state index is 0.101. The van der Waals surface area contributed by atoms with Gasteiger partial charge in [-0.2, -0.15) is 0 Å². The van der Waals surface area contributed by atoms with Crippen LogP contribution in [0.5, 0.6) is 0 Å². The third kappa shape index (κ3) is 5.42. The molecule has 0 unspecified atom stereocenters. The molecule has 0 saturated heterocycles. The monoisotopic (exact) mass is 476 g/mol. The maximum Gasteiger partial charge on any atom is 0.0704 e. The van der Waals surface area contributed by atoms with Crippen LogP contribution in [0.4, 0.5) is 0 Å². The zero-order chi connectivity index (χ0) is 24.3. The van der Waals surface area contributed by atoms with Crippen molar-refractivity contribution >= 4 is 0 Å². The maximum absolute atomic E-state index is 8.87. The SMILES string of the molecule is CC(C)CCC[C@@H](C)[C@H]1CC[C@H]2[C@@H]3CC[C@H]4C[C@@H](OCCOCCO)CC[C@]4(C)[C@H]3CC[C@]12C. The van der Waals surface area contributed by atoms with Crippen LogP contribution in [0.25, 0.3) is 0 Å². The van der Waals surface area contributed by atoms with E-state index < -0.39 is 0 Å². The summed E-state index contributed by atoms with van der Waals surface area (Å²) in [6.45, 7) is 14.6. The van der Waals surface area contributed by atoms with E-state index >= 15 is 0 Å². The van der Waals surface area contributed by atoms with Crippen molar-refractivity contribution in [3.8, 4) is 0 Å². The lowest BCUT2D eigenvalue weighted by Crippen LogP contribution is -2.54. The van der Waals surface area contributed by atoms with Crippen molar-refractivity contribution in [3.63, 3.8) is 0 Å². The van der Waals surface area contributed by atoms with Crippen molar-refractivity contribution in [2.24, 2.45) is 52.3 Å². The molecule has 9 atom stereocenters. The molecule has 0 amide bonds. The molecule has 4 saturated carbocycles. The minimum atomic E-state index is 0.101. The number of ether oxygens (including phenoxy) is 2. The third-order valence-electron chi connectivity index (χ3n) is 11.6. The molecule has 0 bridgehead atoms. The highest BCUT2D eigenvalue weighted by Crippen LogP contribution is 2.68. The van der Waals surface area contributed by atoms with Gasteiger partial charge in [-0.1, -0.05) is 53.9 Å². The number of aliphatic hydroxyl groups is 1. The van der Waals surface area contributed by atoms with Crippen LogP contribution >= 0.6 is 0 Å². The van der Waals surface area contributed by atoms with E-state index in [9.17, 15) is 0 Å². The Kier molecular flexibility index (Phi) is 9.12. The lowest BCUT2D eigenvalue weighted by atomic mass is 9.44. The van der Waals surface area contributed by atoms with E-state index in [0.717, 1.165) is 41.4 Å². The molecular weight excluding hydrogens is 420 g/mol. The van der Waals surface area contributed by atoms with Gasteiger partial charge in [0.15, 0.2) is 0 Å². The van der Waals surface area contributed by atoms with Gasteiger partial charge in [0, 0.05) is 0 Å². The Morgan fingerprint density at radius 3 is 2.35 bits per heavy atom. The first-order valence-electron chi connectivity index (χ1n) is 15.1. The summed E-state index contributed by atoms with van der Waals surface area (Å²) < 4.78 is 11.6. The van der Waals surface area contributed by atoms with Crippen LogP contribution in [0.1, 0.15) is 112 Å². The first-order valence-corrected chi connectivity index (χ1v) is 15.1. The zero-order valence-corrected chi connectivity index (χ0v) is 23.2. The largest absolute Gasteiger partial charge is 0.394 e. The molecule has 0 aromatic rings. The molecule has 3 heteroatoms. The highest BCUT2D eigenvalue weighted by molar-refractivity contribution is 5.09. The van der Waals surface area contributed by atoms with Gasteiger partial charge in [-0.25, -0.2) is 0 Å². The van der Waals surface area contributed by atoms with Crippen LogP contribution in [0, 0.1) is 52.3 Å². The molecule has 0 aromatic heterocycles. The van der Waals surface area contributed by atoms with Crippen LogP contribution in [0.15, 0.2) is 0 Å². The summed E-state index contributed by atoms with van der Waals surface area (Å²) in [6, 6.07) is 0. The standard InChI is InChI=1S/C31H56O3/c1-22(2)7-6-8-23(3)27-11-12-28-26-10-9-24-21-25(34-20-19-33-18-17-32)13-15-30(24,4)29(26)14-16-31(27,28)5/h22-29,32H,6-21H2,1-5H3/t23-,24+,25+,26+,27-,28+,29+,30+,31-/m1/s1. The summed E-state index contributed by atoms with van der Waals surface area (Å²) in [5, 5.41) is 8.87. The van der Waals surface area contributed by atoms with Gasteiger partial charge in [0.25, 0.3) is 0 Å². The lowest BCUT2D eigenvalue weighted by molar-refractivity contribution is -0.139. The summed E-state index contributed by atoms with van der Waals surface area (Å²) in [6.07, 6.45) is 17.5. The first kappa shape index (κ1) is 26.9. The molecule has 1 N–H and O–H groups in total. The van der Waals surface area contributed by atoms with Gasteiger partial charge in [0.05, 0.1) is 32.5 Å². The van der Waals surface area contributed by atoms with Crippen LogP contribution in [0.3, 0.4) is 0 Å². The Labute approximate surface area is 211 Å². The molecule has 0 radical (unpaired) electrons. The molecule has 3 nitrogen and oxygen atoms in total. The Morgan fingerprint density at radius 1 is 0.824 bits per heavy atom. The first-order chi connectivity index (χ1) is 16.3. The fraction of sp³-hybridized carbons (Fsp3) is 1.00. The lowest BCUT2D eigenvalue weighted by Gasteiger charge is -2.61. The van der Waals surface area contributed by atoms with Crippen LogP contribution in [0.2, 0.25) is 0 Å². The number of hydrogen-bond acceptors (Lipinski definition) is 3. The van der Waals surface area contributed by atoms with Gasteiger partial charge < -0.3 is 14.6 Å². The maximum atomic E-state index is 8.87. The molecule has 0 aromatic carbocycles. The van der Waals surface area contributed by atoms with Gasteiger partial charge in [-0.15, -0.1) is 0 Å². The summed E-state index contributed by atoms with van der Waals surface area (Å²) in [4.78, 5) is 0. The van der Waals surface area contributed by atoms with Crippen molar-refractivity contribution < 1.29 is 14.6 Å². The minimum Gasteiger partial charge on any atom is -0.394 e. The molecule has 4 rings (SSSR count). The summed E-state index contributed by atoms with van der Waals surface area (Å²) in [5.74, 6) is 6.50. The van der Waals surface area contributed by atoms with E-state index in [2.05, 4.69) is 34.6 Å². The van der Waals surface area contributed by atoms with Crippen molar-refractivity contribution in [1.29, 1.82) is 0 Å². The van der Waals surface area contributed by atoms with Crippen molar-refractivity contribution in [1.82, 2.24) is 0 Å². The molecule has 198 valence electrons. The van der Waals surface area contributed by atoms with Crippen LogP contribution in [-0.2, 0) is 9.47 Å². The fourth-order valence-corrected chi connectivity index (χ4v) is 9.83. The molecule has 4 aliphatic rings. The molecular formula is C31H56O3. The van der Waals surface area contributed by atoms with E-state index in [1.54, 1.807) is 0 Å². The Bertz CT molecular complexity index is 634. The van der Waals surface area contributed by atoms with E-state index in [4.69, 9.17) is 14.6 Å². The second-order valence-corrected chi connectivity index (χ2v) is 13.8. The van der Waals surface area contributed by atoms with E-state index in [0.29, 0.717) is 36.8 Å². The second kappa shape index (κ2) is 11.5. The molecule has 34 heavy (non-hydrogen) atoms. The molecule has 0 aliphatic heterocycles. The van der Waals surface area contributed by atoms with Gasteiger partial charge in [0.2, 0.25) is 0 Å². The Morgan fingerprint density at radius 2 is 1.59 bits per heavy atom. The van der Waals surface area contributed by atoms with Gasteiger partial charge in [0.1, 0.15) is 0 Å². The highest BCUT2D eigenvalue weighted by Gasteiger charge is 2.60. The second-order valence-electron chi connectivity index (χ2n) is 13.8. The summed E-state index contributed by atoms with van der Waals surface area (Å²) >= 11 is 0. The van der Waals surface area contributed by atoms with E-state index in [-0.39, 0.29) is 6.61 Å². The van der Waals surface area contributed by atoms with Crippen LogP contribution in [-0.4, -0.2) is 37.6 Å². The summed E-state index contributed by atoms with van der Waals surface area (Å²) in [7, 11) is 0. The number of hydrogen-bond donors (Lipinski definition) is 1. The number of fused-ring (bicyclic) bond motifs is 5. The number of rotatable bonds is 11. The molecule has 0 spiro atoms. The Hall–Kier alpha value is -0.120. The van der Waals surface area contributed by atoms with Gasteiger partial charge >= 0.3 is 0 Å². The normalized spacial score (nSPS) is 42.8. The predicted molar refractivity (Wildman–Crippen MR) is 141 cm³/mol. The van der Waals surface area contributed by atoms with Crippen molar-refractivity contribution in [2.75, 3.05) is 26.4 Å². The topological polar surface area (TPSA) is 38.7 Å². The molecule has 4 aliphatic carbocycles. The predicted octanol–water partition coefficient (Wildman–Crippen LogP) is 7.50. The average Bonchev–Trinajstić information content (AvgIpc) is 3.16. The zero-order valence-electron chi connectivity index (χ0n) is 23.2. The molecule has 0 heterocycles. The van der Waals surface area contributed by atoms with Crippen molar-refractivity contribution in [3.05, 3.63) is 0 Å². The Balaban J connectivity index is 1.34. The highest BCUT2D eigenvalue weighted by atomic mass is 16.5. The third-order valence-corrected chi connectivity index (χ3v) is 11.6. The summed E-state index contributed by atoms with van der Waals surface area (Å²) in [5.41, 5.74) is 1.15. The van der Waals surface area contributed by atoms with Gasteiger partial charge in [-0.3, -0.25) is 0 Å². The smallest absolute Gasteiger partial charge is 0.0704 e. The van der Waals surface area contributed by atoms with E-state index in [1.807, 2.05) is 0 Å². The van der Waals surface area contributed by atoms with E-state index in [1.165, 1.54) is 77.0 Å². The van der Waals surface area contributed by atoms with Crippen molar-refractivity contribution in [2.45, 2.75) is 118 Å². The average molecular weight is 477 g/mol. The van der Waals surface area contributed by atoms with Gasteiger partial charge in [-0.05, 0) is 110 Å². The quantitative estimate of drug-likeness (QED) is 0.314. The number of aliphatic hydroxyl groups excluding tert-OH is 1. The van der Waals surface area contributed by atoms with Crippen LogP contribution < -0.4 is 0 Å².